The van der Waals surface area contributed by atoms with Crippen LogP contribution in [0.5, 0.6) is 0 Å². The van der Waals surface area contributed by atoms with Gasteiger partial charge in [-0.2, -0.15) is 0 Å². The molecule has 0 atom stereocenters. The topological polar surface area (TPSA) is 16.1 Å². The van der Waals surface area contributed by atoms with E-state index < -0.39 is 0 Å². The highest BCUT2D eigenvalue weighted by Gasteiger charge is 2.21. The summed E-state index contributed by atoms with van der Waals surface area (Å²) in [7, 11) is 2.09. The van der Waals surface area contributed by atoms with Gasteiger partial charge in [-0.25, -0.2) is 4.98 Å². The zero-order valence-electron chi connectivity index (χ0n) is 9.57. The highest BCUT2D eigenvalue weighted by atomic mass is 15.2. The van der Waals surface area contributed by atoms with E-state index in [2.05, 4.69) is 54.2 Å². The molecule has 0 radical (unpaired) electrons. The molecular formula is C14H14N2. The first-order valence-corrected chi connectivity index (χ1v) is 5.53. The normalized spacial score (nSPS) is 13.2. The van der Waals surface area contributed by atoms with Crippen LogP contribution < -0.4 is 4.90 Å². The smallest absolute Gasteiger partial charge is 0.136 e. The van der Waals surface area contributed by atoms with Gasteiger partial charge >= 0.3 is 0 Å². The van der Waals surface area contributed by atoms with E-state index >= 15 is 0 Å². The molecule has 2 nitrogen and oxygen atoms in total. The summed E-state index contributed by atoms with van der Waals surface area (Å²) in [6.07, 6.45) is 2.88. The van der Waals surface area contributed by atoms with Gasteiger partial charge in [-0.1, -0.05) is 18.2 Å². The van der Waals surface area contributed by atoms with Gasteiger partial charge in [0, 0.05) is 30.9 Å². The number of aryl methyl sites for hydroxylation is 1. The maximum atomic E-state index is 4.49. The van der Waals surface area contributed by atoms with Gasteiger partial charge in [0.25, 0.3) is 0 Å². The highest BCUT2D eigenvalue weighted by molar-refractivity contribution is 5.71. The summed E-state index contributed by atoms with van der Waals surface area (Å²) in [4.78, 5) is 6.67. The molecule has 0 amide bonds. The first kappa shape index (κ1) is 9.40. The van der Waals surface area contributed by atoms with E-state index in [-0.39, 0.29) is 0 Å². The quantitative estimate of drug-likeness (QED) is 0.664. The lowest BCUT2D eigenvalue weighted by Crippen LogP contribution is -2.20. The van der Waals surface area contributed by atoms with Gasteiger partial charge in [-0.15, -0.1) is 0 Å². The Kier molecular flexibility index (Phi) is 1.96. The molecule has 0 N–H and O–H groups in total. The average molecular weight is 210 g/mol. The van der Waals surface area contributed by atoms with Crippen LogP contribution in [0.3, 0.4) is 0 Å². The third-order valence-corrected chi connectivity index (χ3v) is 3.31. The zero-order valence-corrected chi connectivity index (χ0v) is 9.57. The number of nitrogens with zero attached hydrogens (tertiary/aromatic N) is 2. The molecule has 0 spiro atoms. The fourth-order valence-corrected chi connectivity index (χ4v) is 2.37. The zero-order chi connectivity index (χ0) is 11.1. The molecule has 2 heteroatoms. The number of hydrogen-bond donors (Lipinski definition) is 0. The molecule has 1 aromatic heterocycles. The minimum atomic E-state index is 0.996. The number of aromatic nitrogens is 1. The summed E-state index contributed by atoms with van der Waals surface area (Å²) in [6.45, 7) is 2.16. The Labute approximate surface area is 95.6 Å². The maximum absolute atomic E-state index is 4.49. The van der Waals surface area contributed by atoms with Gasteiger partial charge in [-0.05, 0) is 30.2 Å². The van der Waals surface area contributed by atoms with Gasteiger partial charge in [0.15, 0.2) is 0 Å². The molecule has 0 saturated heterocycles. The Morgan fingerprint density at radius 1 is 1.19 bits per heavy atom. The van der Waals surface area contributed by atoms with E-state index in [1.54, 1.807) is 0 Å². The molecule has 0 unspecified atom stereocenters. The Bertz CT molecular complexity index is 546. The number of hydrogen-bond acceptors (Lipinski definition) is 2. The van der Waals surface area contributed by atoms with E-state index in [0.717, 1.165) is 12.2 Å². The standard InChI is InChI=1S/C14H14N2/c1-10-7-8-15-14-12(10)9-11-5-3-4-6-13(11)16(14)2/h3-8H,9H2,1-2H3. The van der Waals surface area contributed by atoms with Crippen molar-refractivity contribution in [3.8, 4) is 0 Å². The molecular weight excluding hydrogens is 196 g/mol. The van der Waals surface area contributed by atoms with Crippen molar-refractivity contribution in [2.75, 3.05) is 11.9 Å². The molecule has 0 aliphatic carbocycles. The summed E-state index contributed by atoms with van der Waals surface area (Å²) < 4.78 is 0. The van der Waals surface area contributed by atoms with Crippen molar-refractivity contribution in [1.29, 1.82) is 0 Å². The van der Waals surface area contributed by atoms with Crippen LogP contribution in [0.4, 0.5) is 11.5 Å². The summed E-state index contributed by atoms with van der Waals surface area (Å²) in [5, 5.41) is 0. The van der Waals surface area contributed by atoms with Crippen molar-refractivity contribution in [3.63, 3.8) is 0 Å². The van der Waals surface area contributed by atoms with Crippen LogP contribution in [0.15, 0.2) is 36.5 Å². The first-order valence-electron chi connectivity index (χ1n) is 5.53. The predicted octanol–water partition coefficient (Wildman–Crippen LogP) is 3.06. The minimum absolute atomic E-state index is 0.996. The van der Waals surface area contributed by atoms with Crippen LogP contribution in [0.1, 0.15) is 16.7 Å². The molecule has 3 rings (SSSR count). The SMILES string of the molecule is Cc1ccnc2c1Cc1ccccc1N2C. The Balaban J connectivity index is 2.22. The van der Waals surface area contributed by atoms with Crippen LogP contribution in [-0.4, -0.2) is 12.0 Å². The lowest BCUT2D eigenvalue weighted by Gasteiger charge is -2.29. The molecule has 0 fully saturated rings. The molecule has 0 saturated carbocycles. The molecule has 2 aromatic rings. The predicted molar refractivity (Wildman–Crippen MR) is 66.3 cm³/mol. The summed E-state index contributed by atoms with van der Waals surface area (Å²) >= 11 is 0. The van der Waals surface area contributed by atoms with Crippen molar-refractivity contribution in [2.45, 2.75) is 13.3 Å². The second kappa shape index (κ2) is 3.34. The van der Waals surface area contributed by atoms with Crippen LogP contribution in [-0.2, 0) is 6.42 Å². The number of fused-ring (bicyclic) bond motifs is 2. The van der Waals surface area contributed by atoms with Crippen molar-refractivity contribution >= 4 is 11.5 Å². The number of para-hydroxylation sites is 1. The summed E-state index contributed by atoms with van der Waals surface area (Å²) in [6, 6.07) is 10.6. The fraction of sp³-hybridized carbons (Fsp3) is 0.214. The molecule has 2 heterocycles. The lowest BCUT2D eigenvalue weighted by atomic mass is 9.96. The van der Waals surface area contributed by atoms with Crippen molar-refractivity contribution in [3.05, 3.63) is 53.2 Å². The van der Waals surface area contributed by atoms with E-state index in [0.29, 0.717) is 0 Å². The van der Waals surface area contributed by atoms with Crippen LogP contribution in [0, 0.1) is 6.92 Å². The minimum Gasteiger partial charge on any atom is -0.329 e. The largest absolute Gasteiger partial charge is 0.329 e. The number of benzene rings is 1. The number of rotatable bonds is 0. The van der Waals surface area contributed by atoms with Gasteiger partial charge in [-0.3, -0.25) is 0 Å². The fourth-order valence-electron chi connectivity index (χ4n) is 2.37. The van der Waals surface area contributed by atoms with E-state index in [4.69, 9.17) is 0 Å². The van der Waals surface area contributed by atoms with Gasteiger partial charge in [0.2, 0.25) is 0 Å². The monoisotopic (exact) mass is 210 g/mol. The van der Waals surface area contributed by atoms with Gasteiger partial charge in [0.1, 0.15) is 5.82 Å². The second-order valence-electron chi connectivity index (χ2n) is 4.29. The molecule has 1 aliphatic rings. The first-order chi connectivity index (χ1) is 7.77. The highest BCUT2D eigenvalue weighted by Crippen LogP contribution is 2.36. The maximum Gasteiger partial charge on any atom is 0.136 e. The van der Waals surface area contributed by atoms with Crippen molar-refractivity contribution in [2.24, 2.45) is 0 Å². The molecule has 80 valence electrons. The Hall–Kier alpha value is -1.83. The van der Waals surface area contributed by atoms with Crippen LogP contribution >= 0.6 is 0 Å². The van der Waals surface area contributed by atoms with E-state index in [9.17, 15) is 0 Å². The third-order valence-electron chi connectivity index (χ3n) is 3.31. The molecule has 1 aliphatic heterocycles. The Morgan fingerprint density at radius 3 is 2.88 bits per heavy atom. The molecule has 0 bridgehead atoms. The second-order valence-corrected chi connectivity index (χ2v) is 4.29. The van der Waals surface area contributed by atoms with Gasteiger partial charge in [0.05, 0.1) is 0 Å². The molecule has 1 aromatic carbocycles. The van der Waals surface area contributed by atoms with E-state index in [1.807, 2.05) is 6.20 Å². The average Bonchev–Trinajstić information content (AvgIpc) is 2.31. The third kappa shape index (κ3) is 1.23. The Morgan fingerprint density at radius 2 is 2.00 bits per heavy atom. The molecule has 16 heavy (non-hydrogen) atoms. The van der Waals surface area contributed by atoms with Crippen molar-refractivity contribution in [1.82, 2.24) is 4.98 Å². The van der Waals surface area contributed by atoms with E-state index in [1.165, 1.54) is 22.4 Å². The van der Waals surface area contributed by atoms with Crippen molar-refractivity contribution < 1.29 is 0 Å². The summed E-state index contributed by atoms with van der Waals surface area (Å²) in [5.41, 5.74) is 5.33. The van der Waals surface area contributed by atoms with Gasteiger partial charge < -0.3 is 4.90 Å². The number of pyridine rings is 1. The number of anilines is 2. The summed E-state index contributed by atoms with van der Waals surface area (Å²) in [5.74, 6) is 1.10. The lowest BCUT2D eigenvalue weighted by molar-refractivity contribution is 0.992. The van der Waals surface area contributed by atoms with Crippen LogP contribution in [0.25, 0.3) is 0 Å². The van der Waals surface area contributed by atoms with Crippen LogP contribution in [0.2, 0.25) is 0 Å².